The summed E-state index contributed by atoms with van der Waals surface area (Å²) in [6.07, 6.45) is 0.796. The lowest BCUT2D eigenvalue weighted by atomic mass is 10.1. The molecular formula is C16H20N4O2S2. The Morgan fingerprint density at radius 2 is 2.04 bits per heavy atom. The average Bonchev–Trinajstić information content (AvgIpc) is 3.06. The first kappa shape index (κ1) is 17.2. The molecule has 0 aliphatic heterocycles. The minimum Gasteiger partial charge on any atom is -0.338 e. The Morgan fingerprint density at radius 1 is 1.29 bits per heavy atom. The van der Waals surface area contributed by atoms with Gasteiger partial charge in [0.1, 0.15) is 4.83 Å². The molecule has 3 aromatic heterocycles. The molecule has 0 bridgehead atoms. The third-order valence-electron chi connectivity index (χ3n) is 3.80. The van der Waals surface area contributed by atoms with Gasteiger partial charge >= 0.3 is 0 Å². The summed E-state index contributed by atoms with van der Waals surface area (Å²) in [5.74, 6) is 2.27. The topological polar surface area (TPSA) is 73.8 Å². The largest absolute Gasteiger partial charge is 0.338 e. The van der Waals surface area contributed by atoms with E-state index in [0.29, 0.717) is 22.7 Å². The second-order valence-corrected chi connectivity index (χ2v) is 8.36. The number of hydrogen-bond acceptors (Lipinski definition) is 7. The van der Waals surface area contributed by atoms with Crippen LogP contribution in [0.5, 0.6) is 0 Å². The standard InChI is InChI=1S/C16H20N4O2S2/c1-8(2)6-11-17-12(22-19-11)7-23-16-18-14-13(15(21)20(16)5)9(3)10(4)24-14/h8H,6-7H2,1-5H3. The molecule has 0 unspecified atom stereocenters. The summed E-state index contributed by atoms with van der Waals surface area (Å²) in [6.45, 7) is 8.22. The predicted molar refractivity (Wildman–Crippen MR) is 96.7 cm³/mol. The van der Waals surface area contributed by atoms with Crippen LogP contribution >= 0.6 is 23.1 Å². The van der Waals surface area contributed by atoms with Crippen molar-refractivity contribution in [3.63, 3.8) is 0 Å². The Hall–Kier alpha value is -1.67. The Labute approximate surface area is 148 Å². The molecule has 0 N–H and O–H groups in total. The molecule has 0 saturated carbocycles. The molecule has 8 heteroatoms. The van der Waals surface area contributed by atoms with Gasteiger partial charge in [-0.05, 0) is 25.3 Å². The molecule has 3 aromatic rings. The van der Waals surface area contributed by atoms with Gasteiger partial charge in [-0.15, -0.1) is 11.3 Å². The lowest BCUT2D eigenvalue weighted by Gasteiger charge is -2.05. The van der Waals surface area contributed by atoms with Crippen LogP contribution in [0.4, 0.5) is 0 Å². The van der Waals surface area contributed by atoms with Gasteiger partial charge in [-0.25, -0.2) is 4.98 Å². The Bertz CT molecular complexity index is 940. The van der Waals surface area contributed by atoms with Crippen LogP contribution in [0.3, 0.4) is 0 Å². The zero-order valence-electron chi connectivity index (χ0n) is 14.4. The Balaban J connectivity index is 1.84. The normalized spacial score (nSPS) is 11.8. The van der Waals surface area contributed by atoms with Crippen LogP contribution in [0.15, 0.2) is 14.5 Å². The first-order chi connectivity index (χ1) is 11.4. The van der Waals surface area contributed by atoms with E-state index in [2.05, 4.69) is 29.0 Å². The van der Waals surface area contributed by atoms with Gasteiger partial charge in [-0.1, -0.05) is 30.8 Å². The number of thiophene rings is 1. The molecule has 0 aliphatic rings. The van der Waals surface area contributed by atoms with Crippen molar-refractivity contribution in [3.05, 3.63) is 32.5 Å². The smallest absolute Gasteiger partial charge is 0.262 e. The van der Waals surface area contributed by atoms with Gasteiger partial charge in [-0.3, -0.25) is 9.36 Å². The minimum absolute atomic E-state index is 0.00428. The number of fused-ring (bicyclic) bond motifs is 1. The van der Waals surface area contributed by atoms with Gasteiger partial charge in [0.15, 0.2) is 11.0 Å². The molecule has 0 aromatic carbocycles. The molecule has 0 aliphatic carbocycles. The van der Waals surface area contributed by atoms with Crippen molar-refractivity contribution in [2.24, 2.45) is 13.0 Å². The van der Waals surface area contributed by atoms with E-state index in [1.807, 2.05) is 13.8 Å². The maximum atomic E-state index is 12.6. The van der Waals surface area contributed by atoms with Gasteiger partial charge in [0, 0.05) is 18.3 Å². The third-order valence-corrected chi connectivity index (χ3v) is 5.91. The fourth-order valence-electron chi connectivity index (χ4n) is 2.41. The summed E-state index contributed by atoms with van der Waals surface area (Å²) in [7, 11) is 1.75. The first-order valence-electron chi connectivity index (χ1n) is 7.77. The molecule has 0 atom stereocenters. The molecule has 24 heavy (non-hydrogen) atoms. The summed E-state index contributed by atoms with van der Waals surface area (Å²) in [6, 6.07) is 0. The molecule has 6 nitrogen and oxygen atoms in total. The molecule has 3 heterocycles. The second-order valence-electron chi connectivity index (χ2n) is 6.21. The number of hydrogen-bond donors (Lipinski definition) is 0. The zero-order chi connectivity index (χ0) is 17.4. The number of rotatable bonds is 5. The van der Waals surface area contributed by atoms with Gasteiger partial charge < -0.3 is 4.52 Å². The van der Waals surface area contributed by atoms with E-state index in [0.717, 1.165) is 32.9 Å². The van der Waals surface area contributed by atoms with Gasteiger partial charge in [0.25, 0.3) is 5.56 Å². The van der Waals surface area contributed by atoms with Crippen LogP contribution in [0.25, 0.3) is 10.2 Å². The molecular weight excluding hydrogens is 344 g/mol. The molecule has 0 saturated heterocycles. The Morgan fingerprint density at radius 3 is 2.75 bits per heavy atom. The maximum Gasteiger partial charge on any atom is 0.262 e. The molecule has 0 fully saturated rings. The summed E-state index contributed by atoms with van der Waals surface area (Å²) in [5.41, 5.74) is 1.02. The van der Waals surface area contributed by atoms with E-state index >= 15 is 0 Å². The fraction of sp³-hybridized carbons (Fsp3) is 0.500. The zero-order valence-corrected chi connectivity index (χ0v) is 16.0. The van der Waals surface area contributed by atoms with Crippen molar-refractivity contribution in [1.82, 2.24) is 19.7 Å². The highest BCUT2D eigenvalue weighted by molar-refractivity contribution is 7.98. The summed E-state index contributed by atoms with van der Waals surface area (Å²) in [4.78, 5) is 23.5. The first-order valence-corrected chi connectivity index (χ1v) is 9.58. The molecule has 0 spiro atoms. The molecule has 3 rings (SSSR count). The highest BCUT2D eigenvalue weighted by Gasteiger charge is 2.16. The highest BCUT2D eigenvalue weighted by atomic mass is 32.2. The van der Waals surface area contributed by atoms with E-state index in [-0.39, 0.29) is 5.56 Å². The van der Waals surface area contributed by atoms with Crippen molar-refractivity contribution >= 4 is 33.3 Å². The SMILES string of the molecule is Cc1sc2nc(SCc3nc(CC(C)C)no3)n(C)c(=O)c2c1C. The summed E-state index contributed by atoms with van der Waals surface area (Å²) in [5, 5.41) is 5.37. The lowest BCUT2D eigenvalue weighted by Crippen LogP contribution is -2.19. The van der Waals surface area contributed by atoms with Crippen molar-refractivity contribution in [1.29, 1.82) is 0 Å². The van der Waals surface area contributed by atoms with Crippen molar-refractivity contribution < 1.29 is 4.52 Å². The van der Waals surface area contributed by atoms with E-state index < -0.39 is 0 Å². The van der Waals surface area contributed by atoms with Crippen LogP contribution in [0.1, 0.15) is 36.0 Å². The number of nitrogens with zero attached hydrogens (tertiary/aromatic N) is 4. The van der Waals surface area contributed by atoms with Crippen molar-refractivity contribution in [2.75, 3.05) is 0 Å². The third kappa shape index (κ3) is 3.25. The van der Waals surface area contributed by atoms with Crippen LogP contribution < -0.4 is 5.56 Å². The average molecular weight is 364 g/mol. The number of aryl methyl sites for hydroxylation is 2. The summed E-state index contributed by atoms with van der Waals surface area (Å²) >= 11 is 3.00. The van der Waals surface area contributed by atoms with Crippen molar-refractivity contribution in [3.8, 4) is 0 Å². The van der Waals surface area contributed by atoms with E-state index in [4.69, 9.17) is 4.52 Å². The minimum atomic E-state index is -0.00428. The Kier molecular flexibility index (Phi) is 4.78. The lowest BCUT2D eigenvalue weighted by molar-refractivity contribution is 0.382. The summed E-state index contributed by atoms with van der Waals surface area (Å²) < 4.78 is 6.87. The predicted octanol–water partition coefficient (Wildman–Crippen LogP) is 3.49. The van der Waals surface area contributed by atoms with Crippen LogP contribution in [-0.2, 0) is 19.2 Å². The fourth-order valence-corrected chi connectivity index (χ4v) is 4.29. The quantitative estimate of drug-likeness (QED) is 0.510. The van der Waals surface area contributed by atoms with E-state index in [1.165, 1.54) is 11.8 Å². The van der Waals surface area contributed by atoms with Crippen molar-refractivity contribution in [2.45, 2.75) is 45.0 Å². The molecule has 128 valence electrons. The van der Waals surface area contributed by atoms with Gasteiger partial charge in [0.2, 0.25) is 5.89 Å². The highest BCUT2D eigenvalue weighted by Crippen LogP contribution is 2.28. The van der Waals surface area contributed by atoms with E-state index in [1.54, 1.807) is 23.0 Å². The number of thioether (sulfide) groups is 1. The monoisotopic (exact) mass is 364 g/mol. The molecule has 0 radical (unpaired) electrons. The van der Waals surface area contributed by atoms with Crippen LogP contribution in [0, 0.1) is 19.8 Å². The van der Waals surface area contributed by atoms with Crippen LogP contribution in [-0.4, -0.2) is 19.7 Å². The number of aromatic nitrogens is 4. The maximum absolute atomic E-state index is 12.6. The molecule has 0 amide bonds. The van der Waals surface area contributed by atoms with Gasteiger partial charge in [0.05, 0.1) is 11.1 Å². The van der Waals surface area contributed by atoms with E-state index in [9.17, 15) is 4.79 Å². The van der Waals surface area contributed by atoms with Crippen LogP contribution in [0.2, 0.25) is 0 Å². The van der Waals surface area contributed by atoms with Gasteiger partial charge in [-0.2, -0.15) is 4.98 Å². The second kappa shape index (κ2) is 6.68.